The molecule has 4 heteroatoms. The molecule has 3 nitrogen and oxygen atoms in total. The highest BCUT2D eigenvalue weighted by molar-refractivity contribution is 7.09. The first-order chi connectivity index (χ1) is 10.3. The Morgan fingerprint density at radius 3 is 2.71 bits per heavy atom. The Kier molecular flexibility index (Phi) is 4.65. The quantitative estimate of drug-likeness (QED) is 0.933. The second kappa shape index (κ2) is 6.85. The number of amides is 1. The van der Waals surface area contributed by atoms with E-state index >= 15 is 0 Å². The van der Waals surface area contributed by atoms with Crippen LogP contribution >= 0.6 is 11.3 Å². The van der Waals surface area contributed by atoms with E-state index in [9.17, 15) is 4.79 Å². The molecule has 1 amide bonds. The Morgan fingerprint density at radius 2 is 1.95 bits per heavy atom. The second-order valence-corrected chi connectivity index (χ2v) is 6.54. The Hall–Kier alpha value is -1.68. The van der Waals surface area contributed by atoms with Crippen LogP contribution in [0.25, 0.3) is 0 Å². The third kappa shape index (κ3) is 3.91. The number of rotatable bonds is 4. The van der Waals surface area contributed by atoms with E-state index < -0.39 is 0 Å². The Morgan fingerprint density at radius 1 is 1.19 bits per heavy atom. The van der Waals surface area contributed by atoms with Crippen molar-refractivity contribution in [1.82, 2.24) is 10.3 Å². The van der Waals surface area contributed by atoms with Crippen molar-refractivity contribution in [2.45, 2.75) is 44.6 Å². The lowest BCUT2D eigenvalue weighted by Crippen LogP contribution is -2.36. The summed E-state index contributed by atoms with van der Waals surface area (Å²) in [5, 5.41) is 5.98. The van der Waals surface area contributed by atoms with Gasteiger partial charge in [0.15, 0.2) is 0 Å². The standard InChI is InChI=1S/C17H20N2OS/c20-17(18-14-9-5-2-6-10-14)15-12-21-16(19-15)11-13-7-3-1-4-8-13/h1,3-4,7-8,12,14H,2,5-6,9-11H2,(H,18,20). The molecule has 1 heterocycles. The van der Waals surface area contributed by atoms with Crippen LogP contribution in [0.2, 0.25) is 0 Å². The molecule has 0 bridgehead atoms. The summed E-state index contributed by atoms with van der Waals surface area (Å²) in [4.78, 5) is 16.7. The van der Waals surface area contributed by atoms with E-state index in [2.05, 4.69) is 22.4 Å². The molecule has 0 unspecified atom stereocenters. The number of aromatic nitrogens is 1. The first-order valence-corrected chi connectivity index (χ1v) is 8.48. The molecule has 2 aromatic rings. The van der Waals surface area contributed by atoms with Crippen LogP contribution < -0.4 is 5.32 Å². The topological polar surface area (TPSA) is 42.0 Å². The number of hydrogen-bond donors (Lipinski definition) is 1. The summed E-state index contributed by atoms with van der Waals surface area (Å²) in [6.45, 7) is 0. The first-order valence-electron chi connectivity index (χ1n) is 7.60. The minimum absolute atomic E-state index is 0.0162. The zero-order valence-corrected chi connectivity index (χ0v) is 12.9. The maximum atomic E-state index is 12.2. The lowest BCUT2D eigenvalue weighted by molar-refractivity contribution is 0.0923. The second-order valence-electron chi connectivity index (χ2n) is 5.60. The third-order valence-electron chi connectivity index (χ3n) is 3.92. The molecule has 0 radical (unpaired) electrons. The summed E-state index contributed by atoms with van der Waals surface area (Å²) >= 11 is 1.56. The van der Waals surface area contributed by atoms with Gasteiger partial charge in [0.1, 0.15) is 5.69 Å². The van der Waals surface area contributed by atoms with Crippen LogP contribution in [0.1, 0.15) is 53.2 Å². The molecule has 110 valence electrons. The van der Waals surface area contributed by atoms with Crippen molar-refractivity contribution in [3.63, 3.8) is 0 Å². The zero-order chi connectivity index (χ0) is 14.5. The molecule has 0 spiro atoms. The number of benzene rings is 1. The average Bonchev–Trinajstić information content (AvgIpc) is 2.98. The highest BCUT2D eigenvalue weighted by Crippen LogP contribution is 2.19. The summed E-state index contributed by atoms with van der Waals surface area (Å²) < 4.78 is 0. The molecule has 1 fully saturated rings. The number of thiazole rings is 1. The summed E-state index contributed by atoms with van der Waals surface area (Å²) in [5.41, 5.74) is 1.79. The summed E-state index contributed by atoms with van der Waals surface area (Å²) in [5.74, 6) is -0.0162. The molecule has 3 rings (SSSR count). The van der Waals surface area contributed by atoms with Crippen LogP contribution in [-0.4, -0.2) is 16.9 Å². The van der Waals surface area contributed by atoms with Crippen molar-refractivity contribution in [2.75, 3.05) is 0 Å². The van der Waals surface area contributed by atoms with Gasteiger partial charge < -0.3 is 5.32 Å². The van der Waals surface area contributed by atoms with E-state index in [4.69, 9.17) is 0 Å². The van der Waals surface area contributed by atoms with Crippen molar-refractivity contribution < 1.29 is 4.79 Å². The highest BCUT2D eigenvalue weighted by atomic mass is 32.1. The summed E-state index contributed by atoms with van der Waals surface area (Å²) in [6.07, 6.45) is 6.74. The number of hydrogen-bond acceptors (Lipinski definition) is 3. The number of carbonyl (C=O) groups excluding carboxylic acids is 1. The number of nitrogens with one attached hydrogen (secondary N) is 1. The van der Waals surface area contributed by atoms with Crippen LogP contribution in [0.4, 0.5) is 0 Å². The SMILES string of the molecule is O=C(NC1CCCCC1)c1csc(Cc2ccccc2)n1. The molecule has 21 heavy (non-hydrogen) atoms. The Balaban J connectivity index is 1.60. The van der Waals surface area contributed by atoms with Gasteiger partial charge in [0.05, 0.1) is 5.01 Å². The third-order valence-corrected chi connectivity index (χ3v) is 4.77. The van der Waals surface area contributed by atoms with E-state index in [1.165, 1.54) is 24.8 Å². The predicted molar refractivity (Wildman–Crippen MR) is 85.7 cm³/mol. The largest absolute Gasteiger partial charge is 0.348 e. The van der Waals surface area contributed by atoms with E-state index in [1.54, 1.807) is 11.3 Å². The Labute approximate surface area is 129 Å². The van der Waals surface area contributed by atoms with Gasteiger partial charge in [-0.2, -0.15) is 0 Å². The van der Waals surface area contributed by atoms with Crippen molar-refractivity contribution in [1.29, 1.82) is 0 Å². The van der Waals surface area contributed by atoms with Gasteiger partial charge in [-0.1, -0.05) is 49.6 Å². The van der Waals surface area contributed by atoms with Crippen LogP contribution in [0.3, 0.4) is 0 Å². The van der Waals surface area contributed by atoms with Crippen molar-refractivity contribution >= 4 is 17.2 Å². The lowest BCUT2D eigenvalue weighted by atomic mass is 9.95. The molecule has 0 aliphatic heterocycles. The van der Waals surface area contributed by atoms with E-state index in [1.807, 2.05) is 23.6 Å². The average molecular weight is 300 g/mol. The molecule has 1 aliphatic carbocycles. The molecule has 0 atom stereocenters. The molecule has 1 aliphatic rings. The van der Waals surface area contributed by atoms with Gasteiger partial charge in [-0.15, -0.1) is 11.3 Å². The van der Waals surface area contributed by atoms with Gasteiger partial charge in [0, 0.05) is 17.8 Å². The first kappa shape index (κ1) is 14.3. The highest BCUT2D eigenvalue weighted by Gasteiger charge is 2.18. The monoisotopic (exact) mass is 300 g/mol. The van der Waals surface area contributed by atoms with Gasteiger partial charge >= 0.3 is 0 Å². The minimum Gasteiger partial charge on any atom is -0.348 e. The van der Waals surface area contributed by atoms with Crippen LogP contribution in [-0.2, 0) is 6.42 Å². The molecule has 1 aromatic heterocycles. The van der Waals surface area contributed by atoms with Crippen molar-refractivity contribution in [3.8, 4) is 0 Å². The maximum Gasteiger partial charge on any atom is 0.270 e. The van der Waals surface area contributed by atoms with Gasteiger partial charge in [0.2, 0.25) is 0 Å². The normalized spacial score (nSPS) is 15.8. The molecule has 1 saturated carbocycles. The van der Waals surface area contributed by atoms with E-state index in [0.717, 1.165) is 24.3 Å². The van der Waals surface area contributed by atoms with E-state index in [0.29, 0.717) is 11.7 Å². The summed E-state index contributed by atoms with van der Waals surface area (Å²) in [7, 11) is 0. The van der Waals surface area contributed by atoms with E-state index in [-0.39, 0.29) is 5.91 Å². The van der Waals surface area contributed by atoms with Crippen molar-refractivity contribution in [3.05, 3.63) is 52.0 Å². The fraction of sp³-hybridized carbons (Fsp3) is 0.412. The zero-order valence-electron chi connectivity index (χ0n) is 12.0. The lowest BCUT2D eigenvalue weighted by Gasteiger charge is -2.22. The van der Waals surface area contributed by atoms with Gasteiger partial charge in [-0.25, -0.2) is 4.98 Å². The van der Waals surface area contributed by atoms with Crippen LogP contribution in [0, 0.1) is 0 Å². The Bertz CT molecular complexity index is 588. The number of nitrogens with zero attached hydrogens (tertiary/aromatic N) is 1. The fourth-order valence-electron chi connectivity index (χ4n) is 2.77. The molecule has 1 aromatic carbocycles. The molecular formula is C17H20N2OS. The number of carbonyl (C=O) groups is 1. The predicted octanol–water partition coefficient (Wildman–Crippen LogP) is 3.80. The fourth-order valence-corrected chi connectivity index (χ4v) is 3.58. The summed E-state index contributed by atoms with van der Waals surface area (Å²) in [6, 6.07) is 10.6. The van der Waals surface area contributed by atoms with Gasteiger partial charge in [-0.3, -0.25) is 4.79 Å². The molecule has 1 N–H and O–H groups in total. The van der Waals surface area contributed by atoms with Gasteiger partial charge in [0.25, 0.3) is 5.91 Å². The minimum atomic E-state index is -0.0162. The smallest absolute Gasteiger partial charge is 0.270 e. The van der Waals surface area contributed by atoms with Crippen molar-refractivity contribution in [2.24, 2.45) is 0 Å². The van der Waals surface area contributed by atoms with Gasteiger partial charge in [-0.05, 0) is 18.4 Å². The molecular weight excluding hydrogens is 280 g/mol. The van der Waals surface area contributed by atoms with Crippen LogP contribution in [0.15, 0.2) is 35.7 Å². The molecule has 0 saturated heterocycles. The van der Waals surface area contributed by atoms with Crippen LogP contribution in [0.5, 0.6) is 0 Å². The maximum absolute atomic E-state index is 12.2.